The van der Waals surface area contributed by atoms with E-state index >= 15 is 0 Å². The lowest BCUT2D eigenvalue weighted by Crippen LogP contribution is -2.26. The number of rotatable bonds is 7. The Kier molecular flexibility index (Phi) is 5.31. The highest BCUT2D eigenvalue weighted by Crippen LogP contribution is 2.31. The Labute approximate surface area is 179 Å². The summed E-state index contributed by atoms with van der Waals surface area (Å²) in [5.74, 6) is 0.159. The number of amides is 1. The number of nitrogens with zero attached hydrogens (tertiary/aromatic N) is 2. The summed E-state index contributed by atoms with van der Waals surface area (Å²) in [4.78, 5) is 13.1. The summed E-state index contributed by atoms with van der Waals surface area (Å²) in [5, 5.41) is 12.3. The molecule has 4 rings (SSSR count). The first-order valence-electron chi connectivity index (χ1n) is 9.52. The van der Waals surface area contributed by atoms with Crippen molar-refractivity contribution in [2.24, 2.45) is 0 Å². The van der Waals surface area contributed by atoms with Crippen LogP contribution in [0.15, 0.2) is 52.0 Å². The van der Waals surface area contributed by atoms with E-state index in [1.54, 1.807) is 36.0 Å². The normalized spacial score (nSPS) is 13.6. The van der Waals surface area contributed by atoms with E-state index in [0.29, 0.717) is 0 Å². The van der Waals surface area contributed by atoms with E-state index in [-0.39, 0.29) is 45.1 Å². The standard InChI is InChI=1S/C21H20N4O5S/c1-13-19(16(12-22)21(30-13)25-9-3-4-10-25)20(26)23-17-11-15(7-8-18(17)29-2)31(27,28)24-14-5-6-14/h3-4,7-11,14,24H,5-6H2,1-2H3,(H,23,26). The van der Waals surface area contributed by atoms with Crippen LogP contribution in [0, 0.1) is 18.3 Å². The number of sulfonamides is 1. The number of hydrogen-bond acceptors (Lipinski definition) is 6. The van der Waals surface area contributed by atoms with Crippen LogP contribution < -0.4 is 14.8 Å². The van der Waals surface area contributed by atoms with E-state index in [9.17, 15) is 18.5 Å². The fraction of sp³-hybridized carbons (Fsp3) is 0.238. The number of carbonyl (C=O) groups is 1. The van der Waals surface area contributed by atoms with E-state index in [4.69, 9.17) is 9.15 Å². The van der Waals surface area contributed by atoms with Crippen molar-refractivity contribution >= 4 is 21.6 Å². The van der Waals surface area contributed by atoms with Gasteiger partial charge in [0.15, 0.2) is 0 Å². The molecule has 1 amide bonds. The number of anilines is 1. The van der Waals surface area contributed by atoms with Gasteiger partial charge in [0.1, 0.15) is 28.7 Å². The van der Waals surface area contributed by atoms with Crippen molar-refractivity contribution in [3.63, 3.8) is 0 Å². The Hall–Kier alpha value is -3.55. The molecule has 160 valence electrons. The molecule has 1 aliphatic carbocycles. The van der Waals surface area contributed by atoms with Crippen LogP contribution in [0.1, 0.15) is 34.5 Å². The van der Waals surface area contributed by atoms with Crippen LogP contribution in [-0.4, -0.2) is 32.0 Å². The Bertz CT molecular complexity index is 1280. The van der Waals surface area contributed by atoms with Crippen LogP contribution in [0.25, 0.3) is 5.88 Å². The lowest BCUT2D eigenvalue weighted by Gasteiger charge is -2.13. The van der Waals surface area contributed by atoms with E-state index in [0.717, 1.165) is 12.8 Å². The second-order valence-electron chi connectivity index (χ2n) is 7.13. The zero-order chi connectivity index (χ0) is 22.2. The SMILES string of the molecule is COc1ccc(S(=O)(=O)NC2CC2)cc1NC(=O)c1c(C)oc(-n2cccc2)c1C#N. The van der Waals surface area contributed by atoms with Gasteiger partial charge >= 0.3 is 0 Å². The molecule has 2 heterocycles. The van der Waals surface area contributed by atoms with Gasteiger partial charge in [0.05, 0.1) is 17.7 Å². The van der Waals surface area contributed by atoms with Crippen LogP contribution in [0.5, 0.6) is 5.75 Å². The first-order valence-corrected chi connectivity index (χ1v) is 11.0. The molecule has 0 atom stereocenters. The second-order valence-corrected chi connectivity index (χ2v) is 8.84. The Morgan fingerprint density at radius 2 is 2.00 bits per heavy atom. The maximum Gasteiger partial charge on any atom is 0.260 e. The number of furan rings is 1. The Balaban J connectivity index is 1.69. The summed E-state index contributed by atoms with van der Waals surface area (Å²) in [6.07, 6.45) is 5.01. The Morgan fingerprint density at radius 1 is 1.29 bits per heavy atom. The van der Waals surface area contributed by atoms with Crippen molar-refractivity contribution in [1.82, 2.24) is 9.29 Å². The van der Waals surface area contributed by atoms with Gasteiger partial charge in [0.2, 0.25) is 15.9 Å². The Morgan fingerprint density at radius 3 is 2.61 bits per heavy atom. The third kappa shape index (κ3) is 4.05. The zero-order valence-electron chi connectivity index (χ0n) is 16.9. The fourth-order valence-corrected chi connectivity index (χ4v) is 4.52. The maximum atomic E-state index is 13.1. The molecule has 10 heteroatoms. The molecular weight excluding hydrogens is 420 g/mol. The average Bonchev–Trinajstić information content (AvgIpc) is 3.25. The van der Waals surface area contributed by atoms with Crippen LogP contribution in [0.4, 0.5) is 5.69 Å². The van der Waals surface area contributed by atoms with E-state index in [1.165, 1.54) is 25.3 Å². The third-order valence-corrected chi connectivity index (χ3v) is 6.39. The van der Waals surface area contributed by atoms with E-state index in [1.807, 2.05) is 6.07 Å². The van der Waals surface area contributed by atoms with E-state index < -0.39 is 15.9 Å². The molecule has 0 radical (unpaired) electrons. The quantitative estimate of drug-likeness (QED) is 0.582. The van der Waals surface area contributed by atoms with E-state index in [2.05, 4.69) is 10.0 Å². The molecule has 0 bridgehead atoms. The smallest absolute Gasteiger partial charge is 0.260 e. The summed E-state index contributed by atoms with van der Waals surface area (Å²) >= 11 is 0. The molecule has 0 unspecified atom stereocenters. The molecule has 1 aliphatic rings. The molecule has 3 aromatic rings. The molecule has 2 N–H and O–H groups in total. The molecule has 2 aromatic heterocycles. The summed E-state index contributed by atoms with van der Waals surface area (Å²) in [6, 6.07) is 9.71. The highest BCUT2D eigenvalue weighted by Gasteiger charge is 2.29. The van der Waals surface area contributed by atoms with Gasteiger partial charge in [0.25, 0.3) is 5.91 Å². The lowest BCUT2D eigenvalue weighted by atomic mass is 10.1. The minimum Gasteiger partial charge on any atom is -0.495 e. The second kappa shape index (κ2) is 7.94. The van der Waals surface area contributed by atoms with Gasteiger partial charge in [-0.1, -0.05) is 0 Å². The predicted octanol–water partition coefficient (Wildman–Crippen LogP) is 2.95. The van der Waals surface area contributed by atoms with Crippen molar-refractivity contribution in [1.29, 1.82) is 5.26 Å². The number of nitriles is 1. The van der Waals surface area contributed by atoms with Gasteiger partial charge in [-0.05, 0) is 50.1 Å². The predicted molar refractivity (Wildman–Crippen MR) is 112 cm³/mol. The number of methoxy groups -OCH3 is 1. The first-order chi connectivity index (χ1) is 14.8. The lowest BCUT2D eigenvalue weighted by molar-refractivity contribution is 0.102. The molecular formula is C21H20N4O5S. The molecule has 9 nitrogen and oxygen atoms in total. The molecule has 0 saturated heterocycles. The number of hydrogen-bond donors (Lipinski definition) is 2. The van der Waals surface area contributed by atoms with Crippen LogP contribution in [0.3, 0.4) is 0 Å². The van der Waals surface area contributed by atoms with Gasteiger partial charge in [-0.25, -0.2) is 13.1 Å². The van der Waals surface area contributed by atoms with Gasteiger partial charge < -0.3 is 14.5 Å². The van der Waals surface area contributed by atoms with Crippen molar-refractivity contribution < 1.29 is 22.4 Å². The number of ether oxygens (including phenoxy) is 1. The summed E-state index contributed by atoms with van der Waals surface area (Å²) in [7, 11) is -2.31. The van der Waals surface area contributed by atoms with Crippen molar-refractivity contribution in [3.05, 3.63) is 59.6 Å². The molecule has 31 heavy (non-hydrogen) atoms. The zero-order valence-corrected chi connectivity index (χ0v) is 17.7. The topological polar surface area (TPSA) is 126 Å². The highest BCUT2D eigenvalue weighted by atomic mass is 32.2. The largest absolute Gasteiger partial charge is 0.495 e. The number of aromatic nitrogens is 1. The fourth-order valence-electron chi connectivity index (χ4n) is 3.18. The van der Waals surface area contributed by atoms with Crippen molar-refractivity contribution in [2.75, 3.05) is 12.4 Å². The monoisotopic (exact) mass is 440 g/mol. The third-order valence-electron chi connectivity index (χ3n) is 4.87. The van der Waals surface area contributed by atoms with Gasteiger partial charge in [-0.2, -0.15) is 5.26 Å². The highest BCUT2D eigenvalue weighted by molar-refractivity contribution is 7.89. The number of aryl methyl sites for hydroxylation is 1. The summed E-state index contributed by atoms with van der Waals surface area (Å²) in [5.41, 5.74) is 0.306. The minimum absolute atomic E-state index is 0.00736. The van der Waals surface area contributed by atoms with Crippen LogP contribution in [0.2, 0.25) is 0 Å². The van der Waals surface area contributed by atoms with Crippen molar-refractivity contribution in [3.8, 4) is 17.7 Å². The van der Waals surface area contributed by atoms with Crippen molar-refractivity contribution in [2.45, 2.75) is 30.7 Å². The van der Waals surface area contributed by atoms with Gasteiger partial charge in [-0.3, -0.25) is 9.36 Å². The molecule has 1 saturated carbocycles. The number of nitrogens with one attached hydrogen (secondary N) is 2. The van der Waals surface area contributed by atoms with Crippen LogP contribution in [-0.2, 0) is 10.0 Å². The summed E-state index contributed by atoms with van der Waals surface area (Å²) in [6.45, 7) is 1.58. The molecule has 1 aromatic carbocycles. The average molecular weight is 440 g/mol. The number of carbonyl (C=O) groups excluding carboxylic acids is 1. The minimum atomic E-state index is -3.72. The maximum absolute atomic E-state index is 13.1. The van der Waals surface area contributed by atoms with Gasteiger partial charge in [0, 0.05) is 18.4 Å². The van der Waals surface area contributed by atoms with Gasteiger partial charge in [-0.15, -0.1) is 0 Å². The molecule has 1 fully saturated rings. The first kappa shape index (κ1) is 20.7. The van der Waals surface area contributed by atoms with Crippen LogP contribution >= 0.6 is 0 Å². The summed E-state index contributed by atoms with van der Waals surface area (Å²) < 4.78 is 40.2. The molecule has 0 spiro atoms. The molecule has 0 aliphatic heterocycles. The number of benzene rings is 1.